The summed E-state index contributed by atoms with van der Waals surface area (Å²) in [7, 11) is 0. The Kier molecular flexibility index (Phi) is 7.08. The number of halogens is 2. The van der Waals surface area contributed by atoms with E-state index in [1.807, 2.05) is 20.8 Å². The SMILES string of the molecule is CC(C)CNC(=O)CNC(C)c1cccc(OC(F)F)c1. The number of carbonyl (C=O) groups excluding carboxylic acids is 1. The molecule has 0 heterocycles. The third-order valence-corrected chi connectivity index (χ3v) is 2.86. The van der Waals surface area contributed by atoms with Gasteiger partial charge in [-0.15, -0.1) is 0 Å². The van der Waals surface area contributed by atoms with Crippen molar-refractivity contribution in [3.05, 3.63) is 29.8 Å². The number of hydrogen-bond acceptors (Lipinski definition) is 3. The molecule has 1 aromatic rings. The lowest BCUT2D eigenvalue weighted by atomic mass is 10.1. The normalized spacial score (nSPS) is 12.5. The highest BCUT2D eigenvalue weighted by Gasteiger charge is 2.10. The number of amides is 1. The molecule has 0 saturated carbocycles. The van der Waals surface area contributed by atoms with Gasteiger partial charge < -0.3 is 15.4 Å². The predicted molar refractivity (Wildman–Crippen MR) is 77.3 cm³/mol. The van der Waals surface area contributed by atoms with Gasteiger partial charge in [0.15, 0.2) is 0 Å². The Morgan fingerprint density at radius 1 is 1.29 bits per heavy atom. The van der Waals surface area contributed by atoms with Crippen LogP contribution in [0, 0.1) is 5.92 Å². The molecule has 1 aromatic carbocycles. The number of rotatable bonds is 8. The fourth-order valence-corrected chi connectivity index (χ4v) is 1.70. The maximum absolute atomic E-state index is 12.2. The second-order valence-electron chi connectivity index (χ2n) is 5.25. The molecular formula is C15H22F2N2O2. The fourth-order valence-electron chi connectivity index (χ4n) is 1.70. The Hall–Kier alpha value is -1.69. The summed E-state index contributed by atoms with van der Waals surface area (Å²) >= 11 is 0. The highest BCUT2D eigenvalue weighted by molar-refractivity contribution is 5.78. The second kappa shape index (κ2) is 8.56. The molecule has 2 N–H and O–H groups in total. The monoisotopic (exact) mass is 300 g/mol. The molecule has 4 nitrogen and oxygen atoms in total. The molecule has 6 heteroatoms. The third-order valence-electron chi connectivity index (χ3n) is 2.86. The molecule has 1 atom stereocenters. The van der Waals surface area contributed by atoms with Crippen LogP contribution in [-0.4, -0.2) is 25.6 Å². The zero-order valence-corrected chi connectivity index (χ0v) is 12.5. The molecule has 0 fully saturated rings. The minimum atomic E-state index is -2.84. The molecule has 0 aromatic heterocycles. The van der Waals surface area contributed by atoms with Crippen molar-refractivity contribution < 1.29 is 18.3 Å². The van der Waals surface area contributed by atoms with Crippen LogP contribution >= 0.6 is 0 Å². The van der Waals surface area contributed by atoms with E-state index in [9.17, 15) is 13.6 Å². The van der Waals surface area contributed by atoms with E-state index in [2.05, 4.69) is 15.4 Å². The summed E-state index contributed by atoms with van der Waals surface area (Å²) in [5.74, 6) is 0.422. The van der Waals surface area contributed by atoms with Gasteiger partial charge in [0.05, 0.1) is 6.54 Å². The second-order valence-corrected chi connectivity index (χ2v) is 5.25. The number of hydrogen-bond donors (Lipinski definition) is 2. The number of benzene rings is 1. The number of alkyl halides is 2. The average molecular weight is 300 g/mol. The van der Waals surface area contributed by atoms with Crippen LogP contribution in [0.15, 0.2) is 24.3 Å². The Morgan fingerprint density at radius 3 is 2.62 bits per heavy atom. The summed E-state index contributed by atoms with van der Waals surface area (Å²) in [5.41, 5.74) is 0.782. The van der Waals surface area contributed by atoms with Crippen LogP contribution in [0.5, 0.6) is 5.75 Å². The molecule has 0 aliphatic heterocycles. The van der Waals surface area contributed by atoms with Crippen LogP contribution < -0.4 is 15.4 Å². The largest absolute Gasteiger partial charge is 0.435 e. The first-order valence-electron chi connectivity index (χ1n) is 6.93. The molecular weight excluding hydrogens is 278 g/mol. The molecule has 21 heavy (non-hydrogen) atoms. The van der Waals surface area contributed by atoms with E-state index >= 15 is 0 Å². The van der Waals surface area contributed by atoms with Gasteiger partial charge in [-0.25, -0.2) is 0 Å². The topological polar surface area (TPSA) is 50.4 Å². The summed E-state index contributed by atoms with van der Waals surface area (Å²) in [6, 6.07) is 6.30. The van der Waals surface area contributed by atoms with E-state index in [-0.39, 0.29) is 24.2 Å². The molecule has 0 aliphatic carbocycles. The number of ether oxygens (including phenoxy) is 1. The molecule has 0 spiro atoms. The summed E-state index contributed by atoms with van der Waals surface area (Å²) < 4.78 is 28.7. The van der Waals surface area contributed by atoms with Gasteiger partial charge in [-0.1, -0.05) is 26.0 Å². The molecule has 118 valence electrons. The van der Waals surface area contributed by atoms with Crippen molar-refractivity contribution in [1.82, 2.24) is 10.6 Å². The number of nitrogens with one attached hydrogen (secondary N) is 2. The lowest BCUT2D eigenvalue weighted by Crippen LogP contribution is -2.36. The van der Waals surface area contributed by atoms with Crippen molar-refractivity contribution in [3.63, 3.8) is 0 Å². The molecule has 0 bridgehead atoms. The standard InChI is InChI=1S/C15H22F2N2O2/c1-10(2)8-19-14(20)9-18-11(3)12-5-4-6-13(7-12)21-15(16)17/h4-7,10-11,15,18H,8-9H2,1-3H3,(H,19,20). The molecule has 1 rings (SSSR count). The highest BCUT2D eigenvalue weighted by atomic mass is 19.3. The van der Waals surface area contributed by atoms with E-state index < -0.39 is 6.61 Å². The summed E-state index contributed by atoms with van der Waals surface area (Å²) in [4.78, 5) is 11.6. The van der Waals surface area contributed by atoms with Crippen molar-refractivity contribution in [2.75, 3.05) is 13.1 Å². The zero-order chi connectivity index (χ0) is 15.8. The van der Waals surface area contributed by atoms with Gasteiger partial charge in [0.1, 0.15) is 5.75 Å². The Bertz CT molecular complexity index is 453. The number of carbonyl (C=O) groups is 1. The van der Waals surface area contributed by atoms with Gasteiger partial charge in [0.2, 0.25) is 5.91 Å². The summed E-state index contributed by atoms with van der Waals surface area (Å²) in [6.45, 7) is 3.86. The molecule has 0 radical (unpaired) electrons. The van der Waals surface area contributed by atoms with Crippen LogP contribution in [0.25, 0.3) is 0 Å². The zero-order valence-electron chi connectivity index (χ0n) is 12.5. The van der Waals surface area contributed by atoms with Gasteiger partial charge >= 0.3 is 6.61 Å². The first-order valence-corrected chi connectivity index (χ1v) is 6.93. The lowest BCUT2D eigenvalue weighted by molar-refractivity contribution is -0.120. The van der Waals surface area contributed by atoms with Crippen LogP contribution in [0.3, 0.4) is 0 Å². The predicted octanol–water partition coefficient (Wildman–Crippen LogP) is 2.71. The summed E-state index contributed by atoms with van der Waals surface area (Å²) in [5, 5.41) is 5.85. The third kappa shape index (κ3) is 7.04. The minimum absolute atomic E-state index is 0.0875. The molecule has 1 amide bonds. The van der Waals surface area contributed by atoms with Gasteiger partial charge in [0, 0.05) is 12.6 Å². The van der Waals surface area contributed by atoms with E-state index in [4.69, 9.17) is 0 Å². The van der Waals surface area contributed by atoms with Gasteiger partial charge in [-0.05, 0) is 30.5 Å². The van der Waals surface area contributed by atoms with Crippen LogP contribution in [0.4, 0.5) is 8.78 Å². The van der Waals surface area contributed by atoms with E-state index in [0.717, 1.165) is 5.56 Å². The molecule has 0 aliphatic rings. The minimum Gasteiger partial charge on any atom is -0.435 e. The van der Waals surface area contributed by atoms with Gasteiger partial charge in [0.25, 0.3) is 0 Å². The van der Waals surface area contributed by atoms with E-state index in [0.29, 0.717) is 12.5 Å². The maximum Gasteiger partial charge on any atom is 0.387 e. The summed E-state index contributed by atoms with van der Waals surface area (Å²) in [6.07, 6.45) is 0. The van der Waals surface area contributed by atoms with Crippen molar-refractivity contribution in [1.29, 1.82) is 0 Å². The lowest BCUT2D eigenvalue weighted by Gasteiger charge is -2.15. The van der Waals surface area contributed by atoms with Gasteiger partial charge in [-0.2, -0.15) is 8.78 Å². The average Bonchev–Trinajstić information content (AvgIpc) is 2.42. The van der Waals surface area contributed by atoms with Gasteiger partial charge in [-0.3, -0.25) is 4.79 Å². The van der Waals surface area contributed by atoms with Crippen molar-refractivity contribution in [2.24, 2.45) is 5.92 Å². The smallest absolute Gasteiger partial charge is 0.387 e. The molecule has 1 unspecified atom stereocenters. The fraction of sp³-hybridized carbons (Fsp3) is 0.533. The van der Waals surface area contributed by atoms with Crippen molar-refractivity contribution in [2.45, 2.75) is 33.4 Å². The maximum atomic E-state index is 12.2. The van der Waals surface area contributed by atoms with Crippen molar-refractivity contribution in [3.8, 4) is 5.75 Å². The Balaban J connectivity index is 2.48. The first-order chi connectivity index (χ1) is 9.88. The van der Waals surface area contributed by atoms with Crippen LogP contribution in [0.2, 0.25) is 0 Å². The highest BCUT2D eigenvalue weighted by Crippen LogP contribution is 2.20. The quantitative estimate of drug-likeness (QED) is 0.776. The van der Waals surface area contributed by atoms with E-state index in [1.165, 1.54) is 12.1 Å². The Labute approximate surface area is 123 Å². The molecule has 0 saturated heterocycles. The van der Waals surface area contributed by atoms with Crippen molar-refractivity contribution >= 4 is 5.91 Å². The van der Waals surface area contributed by atoms with Crippen LogP contribution in [0.1, 0.15) is 32.4 Å². The first kappa shape index (κ1) is 17.4. The van der Waals surface area contributed by atoms with E-state index in [1.54, 1.807) is 12.1 Å². The van der Waals surface area contributed by atoms with Crippen LogP contribution in [-0.2, 0) is 4.79 Å². The Morgan fingerprint density at radius 2 is 2.00 bits per heavy atom.